The molecule has 4 rings (SSSR count). The van der Waals surface area contributed by atoms with Crippen molar-refractivity contribution in [1.82, 2.24) is 0 Å². The molecule has 4 fully saturated rings. The molecule has 5 heteroatoms. The molecule has 0 aromatic heterocycles. The van der Waals surface area contributed by atoms with Gasteiger partial charge >= 0.3 is 0 Å². The quantitative estimate of drug-likeness (QED) is 0.563. The number of carbonyl (C=O) groups is 1. The fourth-order valence-electron chi connectivity index (χ4n) is 7.89. The Morgan fingerprint density at radius 1 is 1.16 bits per heavy atom. The Kier molecular flexibility index (Phi) is 4.12. The highest BCUT2D eigenvalue weighted by atomic mass is 16.1. The molecule has 25 heavy (non-hydrogen) atoms. The molecule has 0 amide bonds. The van der Waals surface area contributed by atoms with Crippen LogP contribution in [0.2, 0.25) is 0 Å². The maximum absolute atomic E-state index is 12.1. The van der Waals surface area contributed by atoms with Crippen LogP contribution in [0, 0.1) is 40.4 Å². The third-order valence-electron chi connectivity index (χ3n) is 9.38. The summed E-state index contributed by atoms with van der Waals surface area (Å²) < 4.78 is 0. The Labute approximate surface area is 151 Å². The van der Waals surface area contributed by atoms with Crippen molar-refractivity contribution in [2.45, 2.75) is 70.5 Å². The van der Waals surface area contributed by atoms with E-state index in [-0.39, 0.29) is 29.0 Å². The number of ketones is 1. The average molecular weight is 349 g/mol. The van der Waals surface area contributed by atoms with E-state index >= 15 is 0 Å². The molecule has 5 nitrogen and oxygen atoms in total. The summed E-state index contributed by atoms with van der Waals surface area (Å²) in [5, 5.41) is 0. The third kappa shape index (κ3) is 2.19. The largest absolute Gasteiger partial charge is 0.330 e. The molecular weight excluding hydrogens is 312 g/mol. The summed E-state index contributed by atoms with van der Waals surface area (Å²) in [6.07, 6.45) is 5.61. The third-order valence-corrected chi connectivity index (χ3v) is 9.38. The van der Waals surface area contributed by atoms with Crippen LogP contribution < -0.4 is 22.9 Å². The molecule has 0 heterocycles. The zero-order chi connectivity index (χ0) is 18.1. The van der Waals surface area contributed by atoms with Gasteiger partial charge in [-0.15, -0.1) is 0 Å². The summed E-state index contributed by atoms with van der Waals surface area (Å²) in [6, 6.07) is 0.0500. The number of rotatable bonds is 1. The van der Waals surface area contributed by atoms with Crippen LogP contribution in [0.25, 0.3) is 0 Å². The van der Waals surface area contributed by atoms with Crippen LogP contribution in [0.15, 0.2) is 0 Å². The minimum atomic E-state index is -0.0505. The van der Waals surface area contributed by atoms with Gasteiger partial charge in [-0.05, 0) is 72.6 Å². The van der Waals surface area contributed by atoms with Crippen molar-refractivity contribution in [2.24, 2.45) is 63.4 Å². The minimum absolute atomic E-state index is 0.000631. The lowest BCUT2D eigenvalue weighted by Crippen LogP contribution is -2.73. The molecule has 0 bridgehead atoms. The number of hydrogen-bond donors (Lipinski definition) is 4. The number of carbonyl (C=O) groups excluding carboxylic acids is 1. The van der Waals surface area contributed by atoms with Crippen LogP contribution in [0.1, 0.15) is 52.4 Å². The highest BCUT2D eigenvalue weighted by Crippen LogP contribution is 2.66. The van der Waals surface area contributed by atoms with Crippen molar-refractivity contribution in [3.63, 3.8) is 0 Å². The van der Waals surface area contributed by atoms with Crippen LogP contribution in [-0.2, 0) is 4.79 Å². The molecule has 0 spiro atoms. The first-order valence-corrected chi connectivity index (χ1v) is 10.2. The van der Waals surface area contributed by atoms with E-state index in [0.717, 1.165) is 19.3 Å². The SMILES string of the molecule is C[C@]12CCC(=O)CC1CC(N)C1C2C(N)C(N)[C@@]2(C)C1CC[C@@H]2CN. The number of Topliss-reactive ketones (excluding diaryl/α,β-unsaturated/α-hetero) is 1. The summed E-state index contributed by atoms with van der Waals surface area (Å²) >= 11 is 0. The Bertz CT molecular complexity index is 568. The van der Waals surface area contributed by atoms with Crippen molar-refractivity contribution in [3.8, 4) is 0 Å². The van der Waals surface area contributed by atoms with Crippen LogP contribution in [0.3, 0.4) is 0 Å². The number of nitrogens with two attached hydrogens (primary N) is 4. The van der Waals surface area contributed by atoms with E-state index in [9.17, 15) is 4.79 Å². The summed E-state index contributed by atoms with van der Waals surface area (Å²) in [6.45, 7) is 5.39. The summed E-state index contributed by atoms with van der Waals surface area (Å²) in [4.78, 5) is 12.1. The topological polar surface area (TPSA) is 121 Å². The molecule has 142 valence electrons. The molecule has 0 aromatic carbocycles. The van der Waals surface area contributed by atoms with E-state index in [1.807, 2.05) is 0 Å². The molecule has 0 aromatic rings. The van der Waals surface area contributed by atoms with E-state index in [0.29, 0.717) is 54.8 Å². The fourth-order valence-corrected chi connectivity index (χ4v) is 7.89. The van der Waals surface area contributed by atoms with E-state index in [1.54, 1.807) is 0 Å². The first-order chi connectivity index (χ1) is 11.7. The molecule has 0 aliphatic heterocycles. The van der Waals surface area contributed by atoms with Crippen molar-refractivity contribution < 1.29 is 4.79 Å². The van der Waals surface area contributed by atoms with Crippen LogP contribution in [-0.4, -0.2) is 30.5 Å². The lowest BCUT2D eigenvalue weighted by atomic mass is 9.41. The molecule has 4 aliphatic carbocycles. The smallest absolute Gasteiger partial charge is 0.133 e. The zero-order valence-corrected chi connectivity index (χ0v) is 15.8. The molecule has 4 aliphatic rings. The van der Waals surface area contributed by atoms with Crippen LogP contribution in [0.5, 0.6) is 0 Å². The first kappa shape index (κ1) is 17.9. The van der Waals surface area contributed by atoms with Gasteiger partial charge in [0.25, 0.3) is 0 Å². The van der Waals surface area contributed by atoms with Gasteiger partial charge < -0.3 is 22.9 Å². The molecule has 7 unspecified atom stereocenters. The molecule has 4 saturated carbocycles. The Balaban J connectivity index is 1.77. The second-order valence-corrected chi connectivity index (χ2v) is 10.0. The van der Waals surface area contributed by atoms with E-state index < -0.39 is 0 Å². The predicted molar refractivity (Wildman–Crippen MR) is 99.4 cm³/mol. The van der Waals surface area contributed by atoms with Gasteiger partial charge in [-0.25, -0.2) is 0 Å². The highest BCUT2D eigenvalue weighted by molar-refractivity contribution is 5.79. The molecule has 0 saturated heterocycles. The Morgan fingerprint density at radius 2 is 1.88 bits per heavy atom. The monoisotopic (exact) mass is 348 g/mol. The summed E-state index contributed by atoms with van der Waals surface area (Å²) in [5.74, 6) is 2.50. The second kappa shape index (κ2) is 5.75. The van der Waals surface area contributed by atoms with Gasteiger partial charge in [-0.3, -0.25) is 4.79 Å². The predicted octanol–water partition coefficient (Wildman–Crippen LogP) is 0.985. The lowest BCUT2D eigenvalue weighted by molar-refractivity contribution is -0.150. The van der Waals surface area contributed by atoms with Crippen molar-refractivity contribution >= 4 is 5.78 Å². The van der Waals surface area contributed by atoms with E-state index in [4.69, 9.17) is 22.9 Å². The zero-order valence-electron chi connectivity index (χ0n) is 15.8. The number of fused-ring (bicyclic) bond motifs is 5. The second-order valence-electron chi connectivity index (χ2n) is 10.0. The normalized spacial score (nSPS) is 58.4. The maximum Gasteiger partial charge on any atom is 0.133 e. The van der Waals surface area contributed by atoms with Crippen molar-refractivity contribution in [3.05, 3.63) is 0 Å². The van der Waals surface area contributed by atoms with Gasteiger partial charge in [-0.1, -0.05) is 13.8 Å². The van der Waals surface area contributed by atoms with Gasteiger partial charge in [-0.2, -0.15) is 0 Å². The lowest BCUT2D eigenvalue weighted by Gasteiger charge is -2.65. The summed E-state index contributed by atoms with van der Waals surface area (Å²) in [5.41, 5.74) is 26.7. The average Bonchev–Trinajstić information content (AvgIpc) is 2.91. The Morgan fingerprint density at radius 3 is 2.56 bits per heavy atom. The molecular formula is C20H36N4O. The van der Waals surface area contributed by atoms with Gasteiger partial charge in [0.2, 0.25) is 0 Å². The standard InChI is InChI=1S/C20H36N4O/c1-19-6-5-12(25)7-11(19)8-14(22)15-13-4-3-10(9-21)20(13,2)18(24)17(23)16(15)19/h10-11,13-18H,3-9,21-24H2,1-2H3/t10-,11?,13?,14?,15?,16?,17?,18?,19+,20-/m1/s1. The van der Waals surface area contributed by atoms with Gasteiger partial charge in [0.15, 0.2) is 0 Å². The van der Waals surface area contributed by atoms with Crippen LogP contribution in [0.4, 0.5) is 0 Å². The molecule has 0 radical (unpaired) electrons. The van der Waals surface area contributed by atoms with Crippen LogP contribution >= 0.6 is 0 Å². The first-order valence-electron chi connectivity index (χ1n) is 10.2. The van der Waals surface area contributed by atoms with E-state index in [1.165, 1.54) is 6.42 Å². The van der Waals surface area contributed by atoms with Gasteiger partial charge in [0.1, 0.15) is 5.78 Å². The minimum Gasteiger partial charge on any atom is -0.330 e. The molecule has 10 atom stereocenters. The van der Waals surface area contributed by atoms with Gasteiger partial charge in [0.05, 0.1) is 0 Å². The molecule has 8 N–H and O–H groups in total. The van der Waals surface area contributed by atoms with E-state index in [2.05, 4.69) is 13.8 Å². The highest BCUT2D eigenvalue weighted by Gasteiger charge is 2.66. The van der Waals surface area contributed by atoms with Crippen molar-refractivity contribution in [1.29, 1.82) is 0 Å². The number of hydrogen-bond acceptors (Lipinski definition) is 5. The fraction of sp³-hybridized carbons (Fsp3) is 0.950. The van der Waals surface area contributed by atoms with Gasteiger partial charge in [0, 0.05) is 31.0 Å². The van der Waals surface area contributed by atoms with Crippen molar-refractivity contribution in [2.75, 3.05) is 6.54 Å². The summed E-state index contributed by atoms with van der Waals surface area (Å²) in [7, 11) is 0. The maximum atomic E-state index is 12.1. The Hall–Kier alpha value is -0.490.